The average molecular weight is 447 g/mol. The van der Waals surface area contributed by atoms with Gasteiger partial charge in [-0.3, -0.25) is 14.8 Å². The van der Waals surface area contributed by atoms with Crippen molar-refractivity contribution < 1.29 is 4.79 Å². The van der Waals surface area contributed by atoms with Gasteiger partial charge in [-0.25, -0.2) is 9.97 Å². The Morgan fingerprint density at radius 3 is 2.41 bits per heavy atom. The highest BCUT2D eigenvalue weighted by Gasteiger charge is 2.20. The fraction of sp³-hybridized carbons (Fsp3) is 0.0741. The van der Waals surface area contributed by atoms with Gasteiger partial charge in [0.2, 0.25) is 0 Å². The van der Waals surface area contributed by atoms with Crippen LogP contribution in [-0.4, -0.2) is 32.4 Å². The van der Waals surface area contributed by atoms with Crippen molar-refractivity contribution in [1.29, 1.82) is 0 Å². The van der Waals surface area contributed by atoms with Gasteiger partial charge in [0, 0.05) is 47.6 Å². The summed E-state index contributed by atoms with van der Waals surface area (Å²) in [7, 11) is 0. The molecule has 0 aliphatic carbocycles. The van der Waals surface area contributed by atoms with Crippen LogP contribution in [-0.2, 0) is 6.42 Å². The lowest BCUT2D eigenvalue weighted by Crippen LogP contribution is -2.28. The first-order valence-corrected chi connectivity index (χ1v) is 11.0. The molecule has 2 aromatic carbocycles. The van der Waals surface area contributed by atoms with Gasteiger partial charge in [-0.05, 0) is 30.3 Å². The van der Waals surface area contributed by atoms with Crippen molar-refractivity contribution in [2.45, 2.75) is 6.42 Å². The molecule has 3 N–H and O–H groups in total. The van der Waals surface area contributed by atoms with Gasteiger partial charge >= 0.3 is 0 Å². The smallest absolute Gasteiger partial charge is 0.273 e. The third-order valence-corrected chi connectivity index (χ3v) is 5.45. The molecule has 1 amide bonds. The maximum Gasteiger partial charge on any atom is 0.273 e. The van der Waals surface area contributed by atoms with Crippen molar-refractivity contribution in [2.75, 3.05) is 12.3 Å². The van der Waals surface area contributed by atoms with Crippen LogP contribution in [0.3, 0.4) is 0 Å². The lowest BCUT2D eigenvalue weighted by Gasteiger charge is -2.13. The van der Waals surface area contributed by atoms with Crippen molar-refractivity contribution >= 4 is 22.6 Å². The number of benzene rings is 2. The van der Waals surface area contributed by atoms with Gasteiger partial charge in [0.15, 0.2) is 11.5 Å². The number of pyridine rings is 2. The Morgan fingerprint density at radius 2 is 1.59 bits per heavy atom. The van der Waals surface area contributed by atoms with Crippen LogP contribution >= 0.6 is 0 Å². The number of nitrogens with one attached hydrogen (secondary N) is 1. The van der Waals surface area contributed by atoms with E-state index in [1.807, 2.05) is 78.9 Å². The minimum absolute atomic E-state index is 0.0837. The predicted molar refractivity (Wildman–Crippen MR) is 133 cm³/mol. The first kappa shape index (κ1) is 21.2. The molecular weight excluding hydrogens is 424 g/mol. The van der Waals surface area contributed by atoms with Crippen LogP contribution in [0.25, 0.3) is 33.4 Å². The maximum atomic E-state index is 13.0. The molecule has 0 fully saturated rings. The third-order valence-electron chi connectivity index (χ3n) is 5.45. The Bertz CT molecular complexity index is 1450. The summed E-state index contributed by atoms with van der Waals surface area (Å²) in [6.45, 7) is 0.411. The Hall–Kier alpha value is -4.65. The summed E-state index contributed by atoms with van der Waals surface area (Å²) >= 11 is 0. The second-order valence-electron chi connectivity index (χ2n) is 7.76. The largest absolute Gasteiger partial charge is 0.382 e. The van der Waals surface area contributed by atoms with Gasteiger partial charge in [0.05, 0.1) is 16.9 Å². The molecule has 7 heteroatoms. The normalized spacial score (nSPS) is 10.8. The zero-order valence-electron chi connectivity index (χ0n) is 18.3. The van der Waals surface area contributed by atoms with Gasteiger partial charge < -0.3 is 11.1 Å². The number of carbonyl (C=O) groups excluding carboxylic acids is 1. The third kappa shape index (κ3) is 4.45. The van der Waals surface area contributed by atoms with Gasteiger partial charge in [-0.2, -0.15) is 0 Å². The monoisotopic (exact) mass is 446 g/mol. The minimum atomic E-state index is -0.371. The summed E-state index contributed by atoms with van der Waals surface area (Å²) in [5, 5.41) is 3.86. The molecule has 0 bridgehead atoms. The minimum Gasteiger partial charge on any atom is -0.382 e. The summed E-state index contributed by atoms with van der Waals surface area (Å²) in [6, 6.07) is 25.1. The van der Waals surface area contributed by atoms with Crippen LogP contribution in [0.1, 0.15) is 16.2 Å². The molecule has 0 aliphatic rings. The molecule has 0 saturated heterocycles. The lowest BCUT2D eigenvalue weighted by atomic mass is 10.0. The van der Waals surface area contributed by atoms with E-state index in [1.165, 1.54) is 0 Å². The van der Waals surface area contributed by atoms with Crippen LogP contribution < -0.4 is 11.1 Å². The Morgan fingerprint density at radius 1 is 0.794 bits per heavy atom. The number of hydrogen-bond donors (Lipinski definition) is 2. The second-order valence-corrected chi connectivity index (χ2v) is 7.76. The molecule has 34 heavy (non-hydrogen) atoms. The number of aromatic nitrogens is 4. The first-order chi connectivity index (χ1) is 16.7. The van der Waals surface area contributed by atoms with E-state index in [9.17, 15) is 4.79 Å². The highest BCUT2D eigenvalue weighted by Crippen LogP contribution is 2.32. The average Bonchev–Trinajstić information content (AvgIpc) is 2.89. The molecule has 5 aromatic rings. The molecule has 166 valence electrons. The summed E-state index contributed by atoms with van der Waals surface area (Å²) in [5.74, 6) is -0.287. The Labute approximate surface area is 196 Å². The molecule has 0 saturated carbocycles. The quantitative estimate of drug-likeness (QED) is 0.403. The molecule has 0 unspecified atom stereocenters. The molecule has 3 aromatic heterocycles. The number of nitrogens with zero attached hydrogens (tertiary/aromatic N) is 4. The predicted octanol–water partition coefficient (Wildman–Crippen LogP) is 4.31. The van der Waals surface area contributed by atoms with Crippen molar-refractivity contribution in [3.63, 3.8) is 0 Å². The first-order valence-electron chi connectivity index (χ1n) is 11.0. The van der Waals surface area contributed by atoms with Crippen molar-refractivity contribution in [2.24, 2.45) is 0 Å². The number of carbonyl (C=O) groups is 1. The van der Waals surface area contributed by atoms with E-state index in [0.717, 1.165) is 27.7 Å². The van der Waals surface area contributed by atoms with Crippen LogP contribution in [0, 0.1) is 0 Å². The van der Waals surface area contributed by atoms with Crippen LogP contribution in [0.15, 0.2) is 91.3 Å². The zero-order chi connectivity index (χ0) is 23.3. The van der Waals surface area contributed by atoms with E-state index in [4.69, 9.17) is 10.7 Å². The number of nitrogens with two attached hydrogens (primary N) is 1. The van der Waals surface area contributed by atoms with E-state index in [2.05, 4.69) is 20.3 Å². The topological polar surface area (TPSA) is 107 Å². The number of nitrogen functional groups attached to an aromatic ring is 1. The number of anilines is 1. The van der Waals surface area contributed by atoms with E-state index < -0.39 is 0 Å². The van der Waals surface area contributed by atoms with Gasteiger partial charge in [0.1, 0.15) is 0 Å². The number of hydrogen-bond acceptors (Lipinski definition) is 6. The van der Waals surface area contributed by atoms with Gasteiger partial charge in [0.25, 0.3) is 5.91 Å². The summed E-state index contributed by atoms with van der Waals surface area (Å²) in [4.78, 5) is 31.0. The molecule has 7 nitrogen and oxygen atoms in total. The fourth-order valence-electron chi connectivity index (χ4n) is 3.77. The number of amides is 1. The molecule has 0 radical (unpaired) electrons. The highest BCUT2D eigenvalue weighted by atomic mass is 16.1. The number of rotatable bonds is 6. The summed E-state index contributed by atoms with van der Waals surface area (Å²) < 4.78 is 0. The molecule has 0 spiro atoms. The van der Waals surface area contributed by atoms with E-state index in [-0.39, 0.29) is 17.4 Å². The van der Waals surface area contributed by atoms with Crippen molar-refractivity contribution in [3.05, 3.63) is 103 Å². The zero-order valence-corrected chi connectivity index (χ0v) is 18.3. The molecule has 0 aliphatic heterocycles. The van der Waals surface area contributed by atoms with Crippen LogP contribution in [0.2, 0.25) is 0 Å². The highest BCUT2D eigenvalue weighted by molar-refractivity contribution is 5.98. The maximum absolute atomic E-state index is 13.0. The van der Waals surface area contributed by atoms with Crippen LogP contribution in [0.4, 0.5) is 5.82 Å². The van der Waals surface area contributed by atoms with E-state index in [0.29, 0.717) is 24.4 Å². The SMILES string of the molecule is Nc1nc(-c2ccccc2)c(-c2ccc3ncccc3c2)nc1C(=O)NCCc1ccccn1. The van der Waals surface area contributed by atoms with Crippen molar-refractivity contribution in [1.82, 2.24) is 25.3 Å². The molecule has 0 atom stereocenters. The standard InChI is InChI=1S/C27H22N6O/c28-26-25(27(34)31-16-13-21-10-4-5-14-29-21)32-24(23(33-26)18-7-2-1-3-8-18)20-11-12-22-19(17-20)9-6-15-30-22/h1-12,14-15,17H,13,16H2,(H2,28,33)(H,31,34). The van der Waals surface area contributed by atoms with Gasteiger partial charge in [-0.15, -0.1) is 0 Å². The van der Waals surface area contributed by atoms with Gasteiger partial charge in [-0.1, -0.05) is 48.5 Å². The number of fused-ring (bicyclic) bond motifs is 1. The summed E-state index contributed by atoms with van der Waals surface area (Å²) in [5.41, 5.74) is 11.0. The molecular formula is C27H22N6O. The van der Waals surface area contributed by atoms with Crippen molar-refractivity contribution in [3.8, 4) is 22.5 Å². The van der Waals surface area contributed by atoms with Crippen LogP contribution in [0.5, 0.6) is 0 Å². The molecule has 3 heterocycles. The molecule has 5 rings (SSSR count). The Kier molecular flexibility index (Phi) is 5.90. The summed E-state index contributed by atoms with van der Waals surface area (Å²) in [6.07, 6.45) is 4.09. The van der Waals surface area contributed by atoms with E-state index >= 15 is 0 Å². The fourth-order valence-corrected chi connectivity index (χ4v) is 3.77. The lowest BCUT2D eigenvalue weighted by molar-refractivity contribution is 0.0950. The Balaban J connectivity index is 1.52. The second kappa shape index (κ2) is 9.46. The van der Waals surface area contributed by atoms with E-state index in [1.54, 1.807) is 12.4 Å².